The van der Waals surface area contributed by atoms with E-state index in [9.17, 15) is 19.6 Å². The van der Waals surface area contributed by atoms with E-state index < -0.39 is 36.7 Å². The highest BCUT2D eigenvalue weighted by molar-refractivity contribution is 5.98. The summed E-state index contributed by atoms with van der Waals surface area (Å²) in [5.74, 6) is -0.691. The quantitative estimate of drug-likeness (QED) is 0.309. The van der Waals surface area contributed by atoms with Crippen molar-refractivity contribution >= 4 is 18.2 Å². The molecule has 0 aliphatic carbocycles. The Kier molecular flexibility index (Phi) is 6.24. The second-order valence-electron chi connectivity index (χ2n) is 7.56. The first kappa shape index (κ1) is 22.2. The summed E-state index contributed by atoms with van der Waals surface area (Å²) in [6.45, 7) is 5.08. The van der Waals surface area contributed by atoms with Gasteiger partial charge < -0.3 is 33.8 Å². The molecular formula is C18H24N4O9. The van der Waals surface area contributed by atoms with Crippen LogP contribution < -0.4 is 15.1 Å². The van der Waals surface area contributed by atoms with Gasteiger partial charge in [-0.3, -0.25) is 4.79 Å². The average molecular weight is 440 g/mol. The predicted molar refractivity (Wildman–Crippen MR) is 101 cm³/mol. The Morgan fingerprint density at radius 2 is 2.10 bits per heavy atom. The SMILES string of the molecule is COC(=O)OCOc1c2n(ccc1=NO)N(C(=O)OC(C)(C)C)[C@@H]1COCCN1C2=O. The Hall–Kier alpha value is -3.48. The van der Waals surface area contributed by atoms with Crippen LogP contribution >= 0.6 is 0 Å². The van der Waals surface area contributed by atoms with Crippen molar-refractivity contribution in [3.63, 3.8) is 0 Å². The maximum Gasteiger partial charge on any atom is 0.510 e. The summed E-state index contributed by atoms with van der Waals surface area (Å²) in [6, 6.07) is 1.32. The van der Waals surface area contributed by atoms with Gasteiger partial charge in [0.1, 0.15) is 11.0 Å². The lowest BCUT2D eigenvalue weighted by molar-refractivity contribution is -0.0232. The van der Waals surface area contributed by atoms with Gasteiger partial charge >= 0.3 is 12.2 Å². The molecule has 13 nitrogen and oxygen atoms in total. The number of rotatable bonds is 3. The third kappa shape index (κ3) is 4.50. The molecule has 170 valence electrons. The highest BCUT2D eigenvalue weighted by Crippen LogP contribution is 2.27. The number of morpholine rings is 1. The fraction of sp³-hybridized carbons (Fsp3) is 0.556. The van der Waals surface area contributed by atoms with Crippen LogP contribution in [0.1, 0.15) is 31.3 Å². The molecule has 0 bridgehead atoms. The maximum absolute atomic E-state index is 13.3. The largest absolute Gasteiger partial charge is 0.510 e. The lowest BCUT2D eigenvalue weighted by atomic mass is 10.2. The molecule has 3 rings (SSSR count). The molecule has 3 heterocycles. The maximum atomic E-state index is 13.3. The zero-order valence-corrected chi connectivity index (χ0v) is 17.6. The standard InChI is InChI=1S/C18H24N4O9/c1-18(2,3)31-16(24)22-12-9-28-8-7-20(12)15(23)13-14(29-10-30-17(25)27-4)11(19-26)5-6-21(13)22/h5-6,12,26H,7-10H2,1-4H3/t12-/m1/s1. The summed E-state index contributed by atoms with van der Waals surface area (Å²) in [5, 5.41) is 13.6. The molecule has 2 amide bonds. The molecule has 1 aromatic heterocycles. The number of methoxy groups -OCH3 is 1. The zero-order chi connectivity index (χ0) is 22.8. The second kappa shape index (κ2) is 8.71. The molecule has 0 saturated carbocycles. The molecule has 1 saturated heterocycles. The molecule has 0 unspecified atom stereocenters. The minimum absolute atomic E-state index is 0.0746. The van der Waals surface area contributed by atoms with Gasteiger partial charge in [-0.1, -0.05) is 5.16 Å². The summed E-state index contributed by atoms with van der Waals surface area (Å²) in [7, 11) is 1.12. The second-order valence-corrected chi connectivity index (χ2v) is 7.56. The minimum Gasteiger partial charge on any atom is -0.452 e. The fourth-order valence-corrected chi connectivity index (χ4v) is 3.14. The first-order valence-corrected chi connectivity index (χ1v) is 9.36. The summed E-state index contributed by atoms with van der Waals surface area (Å²) in [6.07, 6.45) is -1.12. The van der Waals surface area contributed by atoms with Crippen LogP contribution in [0, 0.1) is 0 Å². The van der Waals surface area contributed by atoms with E-state index in [2.05, 4.69) is 9.89 Å². The van der Waals surface area contributed by atoms with Gasteiger partial charge in [-0.05, 0) is 26.8 Å². The molecule has 2 aliphatic rings. The summed E-state index contributed by atoms with van der Waals surface area (Å²) < 4.78 is 26.7. The summed E-state index contributed by atoms with van der Waals surface area (Å²) >= 11 is 0. The molecule has 1 N–H and O–H groups in total. The van der Waals surface area contributed by atoms with Gasteiger partial charge in [-0.2, -0.15) is 5.01 Å². The van der Waals surface area contributed by atoms with Gasteiger partial charge in [-0.15, -0.1) is 0 Å². The van der Waals surface area contributed by atoms with Crippen molar-refractivity contribution < 1.29 is 43.3 Å². The highest BCUT2D eigenvalue weighted by Gasteiger charge is 2.45. The topological polar surface area (TPSA) is 141 Å². The van der Waals surface area contributed by atoms with E-state index in [0.717, 1.165) is 7.11 Å². The monoisotopic (exact) mass is 440 g/mol. The Morgan fingerprint density at radius 3 is 2.74 bits per heavy atom. The van der Waals surface area contributed by atoms with Crippen LogP contribution in [0.25, 0.3) is 0 Å². The van der Waals surface area contributed by atoms with Gasteiger partial charge in [0, 0.05) is 12.7 Å². The lowest BCUT2D eigenvalue weighted by Gasteiger charge is -2.46. The number of hydrogen-bond acceptors (Lipinski definition) is 10. The van der Waals surface area contributed by atoms with Crippen LogP contribution in [-0.2, 0) is 18.9 Å². The van der Waals surface area contributed by atoms with Crippen LogP contribution in [0.5, 0.6) is 5.75 Å². The Bertz CT molecular complexity index is 937. The Balaban J connectivity index is 2.09. The van der Waals surface area contributed by atoms with Gasteiger partial charge in [0.05, 0.1) is 20.3 Å². The average Bonchev–Trinajstić information content (AvgIpc) is 2.72. The molecule has 1 atom stereocenters. The third-order valence-electron chi connectivity index (χ3n) is 4.37. The number of hydrogen-bond donors (Lipinski definition) is 1. The Morgan fingerprint density at radius 1 is 1.35 bits per heavy atom. The molecule has 0 spiro atoms. The number of carbonyl (C=O) groups excluding carboxylic acids is 3. The first-order chi connectivity index (χ1) is 14.7. The van der Waals surface area contributed by atoms with Crippen LogP contribution in [0.4, 0.5) is 9.59 Å². The number of carbonyl (C=O) groups is 3. The molecule has 2 aliphatic heterocycles. The van der Waals surface area contributed by atoms with Gasteiger partial charge in [-0.25, -0.2) is 14.3 Å². The number of fused-ring (bicyclic) bond motifs is 2. The number of pyridine rings is 1. The number of aromatic nitrogens is 1. The van der Waals surface area contributed by atoms with Crippen molar-refractivity contribution in [1.82, 2.24) is 9.58 Å². The predicted octanol–water partition coefficient (Wildman–Crippen LogP) is 0.582. The van der Waals surface area contributed by atoms with Crippen molar-refractivity contribution in [3.05, 3.63) is 23.3 Å². The van der Waals surface area contributed by atoms with Crippen LogP contribution in [-0.4, -0.2) is 78.4 Å². The van der Waals surface area contributed by atoms with E-state index >= 15 is 0 Å². The van der Waals surface area contributed by atoms with Crippen LogP contribution in [0.15, 0.2) is 17.4 Å². The third-order valence-corrected chi connectivity index (χ3v) is 4.37. The van der Waals surface area contributed by atoms with Crippen LogP contribution in [0.3, 0.4) is 0 Å². The van der Waals surface area contributed by atoms with Crippen molar-refractivity contribution in [2.24, 2.45) is 5.16 Å². The van der Waals surface area contributed by atoms with Gasteiger partial charge in [0.15, 0.2) is 17.6 Å². The van der Waals surface area contributed by atoms with E-state index in [1.165, 1.54) is 26.8 Å². The minimum atomic E-state index is -1.00. The van der Waals surface area contributed by atoms with E-state index in [4.69, 9.17) is 18.9 Å². The first-order valence-electron chi connectivity index (χ1n) is 9.36. The van der Waals surface area contributed by atoms with Gasteiger partial charge in [0.2, 0.25) is 6.79 Å². The smallest absolute Gasteiger partial charge is 0.452 e. The number of ether oxygens (including phenoxy) is 5. The molecule has 1 fully saturated rings. The van der Waals surface area contributed by atoms with E-state index in [1.54, 1.807) is 20.8 Å². The number of nitrogens with zero attached hydrogens (tertiary/aromatic N) is 4. The summed E-state index contributed by atoms with van der Waals surface area (Å²) in [5.41, 5.74) is -0.916. The summed E-state index contributed by atoms with van der Waals surface area (Å²) in [4.78, 5) is 39.0. The molecule has 0 radical (unpaired) electrons. The molecular weight excluding hydrogens is 416 g/mol. The van der Waals surface area contributed by atoms with Crippen LogP contribution in [0.2, 0.25) is 0 Å². The highest BCUT2D eigenvalue weighted by atomic mass is 16.8. The van der Waals surface area contributed by atoms with Crippen molar-refractivity contribution in [3.8, 4) is 5.75 Å². The lowest BCUT2D eigenvalue weighted by Crippen LogP contribution is -2.67. The Labute approximate surface area is 177 Å². The van der Waals surface area contributed by atoms with Gasteiger partial charge in [0.25, 0.3) is 5.91 Å². The molecule has 1 aromatic rings. The van der Waals surface area contributed by atoms with E-state index in [1.807, 2.05) is 0 Å². The normalized spacial score (nSPS) is 18.8. The van der Waals surface area contributed by atoms with E-state index in [-0.39, 0.29) is 36.6 Å². The molecule has 13 heteroatoms. The number of amides is 2. The molecule has 0 aromatic carbocycles. The molecule has 31 heavy (non-hydrogen) atoms. The van der Waals surface area contributed by atoms with Crippen molar-refractivity contribution in [2.45, 2.75) is 32.5 Å². The van der Waals surface area contributed by atoms with Crippen molar-refractivity contribution in [2.75, 3.05) is 38.7 Å². The van der Waals surface area contributed by atoms with E-state index in [0.29, 0.717) is 0 Å². The zero-order valence-electron chi connectivity index (χ0n) is 17.6. The van der Waals surface area contributed by atoms with Crippen molar-refractivity contribution in [1.29, 1.82) is 0 Å². The fourth-order valence-electron chi connectivity index (χ4n) is 3.14.